The monoisotopic (exact) mass is 214 g/mol. The number of aliphatic hydroxyl groups excluding tert-OH is 1. The molecule has 0 unspecified atom stereocenters. The van der Waals surface area contributed by atoms with Crippen LogP contribution in [-0.4, -0.2) is 24.4 Å². The molecule has 0 atom stereocenters. The molecule has 1 aliphatic rings. The molecule has 1 fully saturated rings. The first kappa shape index (κ1) is 14.4. The van der Waals surface area contributed by atoms with Gasteiger partial charge in [0.25, 0.3) is 0 Å². The Hall–Kier alpha value is -0.640. The van der Waals surface area contributed by atoms with Crippen LogP contribution in [0.5, 0.6) is 0 Å². The molecule has 0 amide bonds. The lowest BCUT2D eigenvalue weighted by molar-refractivity contribution is -0.277. The van der Waals surface area contributed by atoms with E-state index in [1.807, 2.05) is 0 Å². The molecular weight excluding hydrogens is 192 g/mol. The van der Waals surface area contributed by atoms with Crippen LogP contribution in [0, 0.1) is 0 Å². The van der Waals surface area contributed by atoms with Crippen molar-refractivity contribution in [1.82, 2.24) is 0 Å². The summed E-state index contributed by atoms with van der Waals surface area (Å²) in [5.74, 6) is 0. The predicted molar refractivity (Wildman–Crippen MR) is 61.4 cm³/mol. The first-order chi connectivity index (χ1) is 7.31. The van der Waals surface area contributed by atoms with Crippen LogP contribution in [0.1, 0.15) is 32.1 Å². The average molecular weight is 214 g/mol. The van der Waals surface area contributed by atoms with Gasteiger partial charge in [-0.2, -0.15) is 0 Å². The molecule has 1 saturated carbocycles. The van der Waals surface area contributed by atoms with E-state index in [1.165, 1.54) is 19.3 Å². The Balaban J connectivity index is 0.000000262. The van der Waals surface area contributed by atoms with Crippen LogP contribution in [-0.2, 0) is 9.78 Å². The third kappa shape index (κ3) is 11.3. The third-order valence-corrected chi connectivity index (χ3v) is 2.03. The molecule has 0 aromatic heterocycles. The molecule has 1 aliphatic carbocycles. The van der Waals surface area contributed by atoms with E-state index in [-0.39, 0.29) is 6.10 Å². The molecule has 0 radical (unpaired) electrons. The van der Waals surface area contributed by atoms with E-state index in [2.05, 4.69) is 22.9 Å². The molecule has 0 aromatic rings. The fourth-order valence-corrected chi connectivity index (χ4v) is 1.27. The molecule has 3 heteroatoms. The summed E-state index contributed by atoms with van der Waals surface area (Å²) in [5.41, 5.74) is 0. The first-order valence-corrected chi connectivity index (χ1v) is 5.45. The molecule has 0 spiro atoms. The van der Waals surface area contributed by atoms with Gasteiger partial charge in [-0.05, 0) is 12.8 Å². The Kier molecular flexibility index (Phi) is 10.9. The van der Waals surface area contributed by atoms with Gasteiger partial charge in [-0.1, -0.05) is 31.4 Å². The lowest BCUT2D eigenvalue weighted by Gasteiger charge is -2.14. The number of hydrogen-bond donors (Lipinski definition) is 1. The molecule has 1 rings (SSSR count). The van der Waals surface area contributed by atoms with E-state index >= 15 is 0 Å². The van der Waals surface area contributed by atoms with Gasteiger partial charge in [0.2, 0.25) is 0 Å². The van der Waals surface area contributed by atoms with Gasteiger partial charge in [0, 0.05) is 0 Å². The van der Waals surface area contributed by atoms with Crippen LogP contribution in [0.15, 0.2) is 25.3 Å². The Morgan fingerprint density at radius 2 is 1.47 bits per heavy atom. The van der Waals surface area contributed by atoms with Crippen molar-refractivity contribution >= 4 is 0 Å². The second kappa shape index (κ2) is 11.4. The largest absolute Gasteiger partial charge is 0.393 e. The molecule has 0 aromatic carbocycles. The summed E-state index contributed by atoms with van der Waals surface area (Å²) in [7, 11) is 0. The maximum absolute atomic E-state index is 8.91. The van der Waals surface area contributed by atoms with E-state index in [1.54, 1.807) is 12.2 Å². The van der Waals surface area contributed by atoms with E-state index in [9.17, 15) is 0 Å². The molecule has 3 nitrogen and oxygen atoms in total. The maximum atomic E-state index is 8.91. The van der Waals surface area contributed by atoms with Crippen LogP contribution in [0.3, 0.4) is 0 Å². The minimum atomic E-state index is 0.0359. The molecule has 0 aliphatic heterocycles. The fourth-order valence-electron chi connectivity index (χ4n) is 1.27. The molecule has 0 saturated heterocycles. The van der Waals surface area contributed by atoms with Gasteiger partial charge in [-0.3, -0.25) is 0 Å². The van der Waals surface area contributed by atoms with Crippen LogP contribution in [0.2, 0.25) is 0 Å². The second-order valence-corrected chi connectivity index (χ2v) is 3.44. The van der Waals surface area contributed by atoms with Gasteiger partial charge in [0.1, 0.15) is 13.2 Å². The van der Waals surface area contributed by atoms with E-state index in [0.717, 1.165) is 12.8 Å². The Morgan fingerprint density at radius 1 is 1.00 bits per heavy atom. The summed E-state index contributed by atoms with van der Waals surface area (Å²) in [5, 5.41) is 8.91. The lowest BCUT2D eigenvalue weighted by atomic mass is 9.98. The lowest BCUT2D eigenvalue weighted by Crippen LogP contribution is -2.09. The zero-order chi connectivity index (χ0) is 11.4. The van der Waals surface area contributed by atoms with Crippen LogP contribution >= 0.6 is 0 Å². The van der Waals surface area contributed by atoms with Crippen molar-refractivity contribution in [3.8, 4) is 0 Å². The van der Waals surface area contributed by atoms with Crippen LogP contribution in [0.25, 0.3) is 0 Å². The summed E-state index contributed by atoms with van der Waals surface area (Å²) in [6.45, 7) is 7.70. The van der Waals surface area contributed by atoms with Gasteiger partial charge in [-0.25, -0.2) is 9.78 Å². The van der Waals surface area contributed by atoms with E-state index in [0.29, 0.717) is 13.2 Å². The highest BCUT2D eigenvalue weighted by molar-refractivity contribution is 4.64. The van der Waals surface area contributed by atoms with Crippen molar-refractivity contribution in [2.75, 3.05) is 13.2 Å². The molecule has 1 N–H and O–H groups in total. The standard InChI is InChI=1S/C6H10O2.C6H12O/c1-3-5-7-8-6-4-2;7-6-4-2-1-3-5-6/h3-4H,1-2,5-6H2;6-7H,1-5H2. The van der Waals surface area contributed by atoms with Crippen molar-refractivity contribution in [2.24, 2.45) is 0 Å². The normalized spacial score (nSPS) is 16.3. The van der Waals surface area contributed by atoms with Gasteiger partial charge >= 0.3 is 0 Å². The van der Waals surface area contributed by atoms with Crippen molar-refractivity contribution in [1.29, 1.82) is 0 Å². The SMILES string of the molecule is C=CCOOCC=C.OC1CCCCC1. The number of rotatable bonds is 5. The van der Waals surface area contributed by atoms with E-state index in [4.69, 9.17) is 5.11 Å². The summed E-state index contributed by atoms with van der Waals surface area (Å²) in [6, 6.07) is 0. The molecule has 15 heavy (non-hydrogen) atoms. The minimum absolute atomic E-state index is 0.0359. The highest BCUT2D eigenvalue weighted by Crippen LogP contribution is 2.16. The maximum Gasteiger partial charge on any atom is 0.100 e. The molecular formula is C12H22O3. The Morgan fingerprint density at radius 3 is 1.73 bits per heavy atom. The van der Waals surface area contributed by atoms with Crippen LogP contribution in [0.4, 0.5) is 0 Å². The van der Waals surface area contributed by atoms with Gasteiger partial charge < -0.3 is 5.11 Å². The third-order valence-electron chi connectivity index (χ3n) is 2.03. The van der Waals surface area contributed by atoms with Gasteiger partial charge in [-0.15, -0.1) is 13.2 Å². The van der Waals surface area contributed by atoms with Crippen molar-refractivity contribution in [2.45, 2.75) is 38.2 Å². The Labute approximate surface area is 92.3 Å². The summed E-state index contributed by atoms with van der Waals surface area (Å²) < 4.78 is 0. The Bertz CT molecular complexity index is 141. The second-order valence-electron chi connectivity index (χ2n) is 3.44. The highest BCUT2D eigenvalue weighted by Gasteiger charge is 2.07. The minimum Gasteiger partial charge on any atom is -0.393 e. The first-order valence-electron chi connectivity index (χ1n) is 5.45. The fraction of sp³-hybridized carbons (Fsp3) is 0.667. The van der Waals surface area contributed by atoms with Crippen molar-refractivity contribution in [3.05, 3.63) is 25.3 Å². The predicted octanol–water partition coefficient (Wildman–Crippen LogP) is 2.62. The van der Waals surface area contributed by atoms with Gasteiger partial charge in [0.05, 0.1) is 6.10 Å². The van der Waals surface area contributed by atoms with Gasteiger partial charge in [0.15, 0.2) is 0 Å². The summed E-state index contributed by atoms with van der Waals surface area (Å²) in [6.07, 6.45) is 9.15. The van der Waals surface area contributed by atoms with E-state index < -0.39 is 0 Å². The zero-order valence-electron chi connectivity index (χ0n) is 9.36. The number of aliphatic hydroxyl groups is 1. The molecule has 0 heterocycles. The van der Waals surface area contributed by atoms with Crippen molar-refractivity contribution < 1.29 is 14.9 Å². The summed E-state index contributed by atoms with van der Waals surface area (Å²) >= 11 is 0. The smallest absolute Gasteiger partial charge is 0.100 e. The topological polar surface area (TPSA) is 38.7 Å². The highest BCUT2D eigenvalue weighted by atomic mass is 17.2. The molecule has 0 bridgehead atoms. The summed E-state index contributed by atoms with van der Waals surface area (Å²) in [4.78, 5) is 9.07. The quantitative estimate of drug-likeness (QED) is 0.331. The van der Waals surface area contributed by atoms with Crippen LogP contribution < -0.4 is 0 Å². The number of hydrogen-bond acceptors (Lipinski definition) is 3. The average Bonchev–Trinajstić information content (AvgIpc) is 2.27. The van der Waals surface area contributed by atoms with Crippen molar-refractivity contribution in [3.63, 3.8) is 0 Å². The molecule has 88 valence electrons. The zero-order valence-corrected chi connectivity index (χ0v) is 9.36.